The third kappa shape index (κ3) is 3.32. The number of primary sulfonamides is 1. The zero-order chi connectivity index (χ0) is 14.6. The molecule has 0 saturated heterocycles. The molecule has 0 amide bonds. The van der Waals surface area contributed by atoms with Crippen LogP contribution in [0, 0.1) is 11.3 Å². The van der Waals surface area contributed by atoms with E-state index in [9.17, 15) is 13.7 Å². The van der Waals surface area contributed by atoms with E-state index in [-0.39, 0.29) is 4.90 Å². The lowest BCUT2D eigenvalue weighted by molar-refractivity contribution is 0.598. The Morgan fingerprint density at radius 3 is 2.15 bits per heavy atom. The van der Waals surface area contributed by atoms with Gasteiger partial charge in [0.1, 0.15) is 0 Å². The van der Waals surface area contributed by atoms with Gasteiger partial charge >= 0.3 is 0 Å². The van der Waals surface area contributed by atoms with Gasteiger partial charge in [-0.25, -0.2) is 13.6 Å². The van der Waals surface area contributed by atoms with E-state index >= 15 is 0 Å². The van der Waals surface area contributed by atoms with Crippen LogP contribution in [0.25, 0.3) is 11.6 Å². The van der Waals surface area contributed by atoms with Gasteiger partial charge in [0.25, 0.3) is 0 Å². The molecule has 100 valence electrons. The molecule has 0 aromatic heterocycles. The van der Waals surface area contributed by atoms with Crippen LogP contribution in [-0.2, 0) is 10.0 Å². The second-order valence-corrected chi connectivity index (χ2v) is 5.71. The molecule has 2 aromatic rings. The average molecular weight is 284 g/mol. The Bertz CT molecular complexity index is 771. The van der Waals surface area contributed by atoms with Crippen LogP contribution in [0.15, 0.2) is 59.5 Å². The van der Waals surface area contributed by atoms with Crippen LogP contribution in [0.2, 0.25) is 0 Å². The van der Waals surface area contributed by atoms with Crippen molar-refractivity contribution in [1.29, 1.82) is 5.26 Å². The summed E-state index contributed by atoms with van der Waals surface area (Å²) in [6.07, 6.45) is 1.70. The van der Waals surface area contributed by atoms with Crippen LogP contribution in [0.4, 0.5) is 0 Å². The molecule has 0 aliphatic rings. The molecule has 0 atom stereocenters. The van der Waals surface area contributed by atoms with Crippen LogP contribution in [0.1, 0.15) is 11.1 Å². The van der Waals surface area contributed by atoms with Crippen LogP contribution in [0.3, 0.4) is 0 Å². The van der Waals surface area contributed by atoms with Gasteiger partial charge in [-0.15, -0.1) is 0 Å². The van der Waals surface area contributed by atoms with E-state index in [2.05, 4.69) is 6.07 Å². The lowest BCUT2D eigenvalue weighted by Crippen LogP contribution is -2.11. The zero-order valence-electron chi connectivity index (χ0n) is 10.5. The first kappa shape index (κ1) is 14.0. The molecule has 2 N–H and O–H groups in total. The lowest BCUT2D eigenvalue weighted by Gasteiger charge is -2.01. The Morgan fingerprint density at radius 1 is 1.05 bits per heavy atom. The van der Waals surface area contributed by atoms with Crippen molar-refractivity contribution in [1.82, 2.24) is 0 Å². The number of nitrogens with two attached hydrogens (primary N) is 1. The quantitative estimate of drug-likeness (QED) is 0.693. The number of hydrogen-bond donors (Lipinski definition) is 1. The van der Waals surface area contributed by atoms with Gasteiger partial charge in [-0.2, -0.15) is 5.26 Å². The molecule has 0 aliphatic heterocycles. The topological polar surface area (TPSA) is 83.9 Å². The van der Waals surface area contributed by atoms with Crippen molar-refractivity contribution in [3.63, 3.8) is 0 Å². The van der Waals surface area contributed by atoms with E-state index in [0.717, 1.165) is 11.1 Å². The zero-order valence-corrected chi connectivity index (χ0v) is 11.3. The molecule has 0 unspecified atom stereocenters. The normalized spacial score (nSPS) is 11.9. The first-order chi connectivity index (χ1) is 9.50. The Kier molecular flexibility index (Phi) is 3.99. The minimum absolute atomic E-state index is 0.0490. The first-order valence-corrected chi connectivity index (χ1v) is 7.35. The summed E-state index contributed by atoms with van der Waals surface area (Å²) >= 11 is 0. The van der Waals surface area contributed by atoms with Crippen molar-refractivity contribution in [3.05, 3.63) is 65.7 Å². The summed E-state index contributed by atoms with van der Waals surface area (Å²) in [6, 6.07) is 17.4. The summed E-state index contributed by atoms with van der Waals surface area (Å²) in [7, 11) is -3.69. The van der Waals surface area contributed by atoms with Gasteiger partial charge in [0.2, 0.25) is 10.0 Å². The van der Waals surface area contributed by atoms with E-state index in [1.165, 1.54) is 12.1 Å². The minimum atomic E-state index is -3.69. The highest BCUT2D eigenvalue weighted by molar-refractivity contribution is 7.89. The molecule has 5 heteroatoms. The Labute approximate surface area is 117 Å². The highest BCUT2D eigenvalue weighted by atomic mass is 32.2. The molecule has 20 heavy (non-hydrogen) atoms. The minimum Gasteiger partial charge on any atom is -0.225 e. The number of nitrogens with zero attached hydrogens (tertiary/aromatic N) is 1. The maximum atomic E-state index is 11.2. The number of nitriles is 1. The first-order valence-electron chi connectivity index (χ1n) is 5.81. The highest BCUT2D eigenvalue weighted by Gasteiger charge is 2.06. The van der Waals surface area contributed by atoms with Gasteiger partial charge in [0, 0.05) is 0 Å². The predicted octanol–water partition coefficient (Wildman–Crippen LogP) is 2.40. The number of sulfonamides is 1. The van der Waals surface area contributed by atoms with Crippen molar-refractivity contribution in [3.8, 4) is 6.07 Å². The van der Waals surface area contributed by atoms with Crippen molar-refractivity contribution in [2.45, 2.75) is 4.90 Å². The Morgan fingerprint density at radius 2 is 1.65 bits per heavy atom. The van der Waals surface area contributed by atoms with Crippen molar-refractivity contribution in [2.75, 3.05) is 0 Å². The van der Waals surface area contributed by atoms with Gasteiger partial charge in [0.15, 0.2) is 0 Å². The van der Waals surface area contributed by atoms with Crippen molar-refractivity contribution < 1.29 is 8.42 Å². The summed E-state index contributed by atoms with van der Waals surface area (Å²) in [5, 5.41) is 14.2. The van der Waals surface area contributed by atoms with Gasteiger partial charge in [-0.1, -0.05) is 42.5 Å². The summed E-state index contributed by atoms with van der Waals surface area (Å²) in [4.78, 5) is 0.0490. The standard InChI is InChI=1S/C15H12N2O2S/c16-11-14(13-4-2-1-3-5-13)10-12-6-8-15(9-7-12)20(17,18)19/h1-10H,(H2,17,18,19). The van der Waals surface area contributed by atoms with Crippen LogP contribution in [-0.4, -0.2) is 8.42 Å². The maximum absolute atomic E-state index is 11.2. The number of allylic oxidation sites excluding steroid dienone is 1. The van der Waals surface area contributed by atoms with Crippen LogP contribution >= 0.6 is 0 Å². The molecule has 2 aromatic carbocycles. The van der Waals surface area contributed by atoms with Gasteiger partial charge in [-0.3, -0.25) is 0 Å². The number of rotatable bonds is 3. The lowest BCUT2D eigenvalue weighted by atomic mass is 10.0. The second kappa shape index (κ2) is 5.70. The highest BCUT2D eigenvalue weighted by Crippen LogP contribution is 2.18. The molecule has 0 heterocycles. The molecule has 0 radical (unpaired) electrons. The monoisotopic (exact) mass is 284 g/mol. The fraction of sp³-hybridized carbons (Fsp3) is 0. The largest absolute Gasteiger partial charge is 0.238 e. The Hall–Kier alpha value is -2.42. The number of benzene rings is 2. The SMILES string of the molecule is N#CC(=Cc1ccc(S(N)(=O)=O)cc1)c1ccccc1. The van der Waals surface area contributed by atoms with Crippen molar-refractivity contribution in [2.24, 2.45) is 5.14 Å². The fourth-order valence-corrected chi connectivity index (χ4v) is 2.23. The van der Waals surface area contributed by atoms with Crippen molar-refractivity contribution >= 4 is 21.7 Å². The summed E-state index contributed by atoms with van der Waals surface area (Å²) < 4.78 is 22.3. The molecule has 0 fully saturated rings. The molecule has 0 aliphatic carbocycles. The average Bonchev–Trinajstić information content (AvgIpc) is 2.45. The molecule has 0 saturated carbocycles. The van der Waals surface area contributed by atoms with E-state index < -0.39 is 10.0 Å². The van der Waals surface area contributed by atoms with Crippen LogP contribution < -0.4 is 5.14 Å². The van der Waals surface area contributed by atoms with Gasteiger partial charge in [0.05, 0.1) is 16.5 Å². The van der Waals surface area contributed by atoms with E-state index in [1.54, 1.807) is 18.2 Å². The number of hydrogen-bond acceptors (Lipinski definition) is 3. The van der Waals surface area contributed by atoms with Gasteiger partial charge < -0.3 is 0 Å². The van der Waals surface area contributed by atoms with E-state index in [0.29, 0.717) is 5.57 Å². The molecular weight excluding hydrogens is 272 g/mol. The molecule has 2 rings (SSSR count). The maximum Gasteiger partial charge on any atom is 0.238 e. The third-order valence-electron chi connectivity index (χ3n) is 2.72. The fourth-order valence-electron chi connectivity index (χ4n) is 1.72. The third-order valence-corrected chi connectivity index (χ3v) is 3.65. The smallest absolute Gasteiger partial charge is 0.225 e. The molecule has 0 bridgehead atoms. The molecule has 4 nitrogen and oxygen atoms in total. The van der Waals surface area contributed by atoms with E-state index in [1.807, 2.05) is 30.3 Å². The summed E-state index contributed by atoms with van der Waals surface area (Å²) in [5.41, 5.74) is 2.05. The Balaban J connectivity index is 2.37. The second-order valence-electron chi connectivity index (χ2n) is 4.15. The summed E-state index contributed by atoms with van der Waals surface area (Å²) in [5.74, 6) is 0. The van der Waals surface area contributed by atoms with E-state index in [4.69, 9.17) is 5.14 Å². The molecular formula is C15H12N2O2S. The summed E-state index contributed by atoms with van der Waals surface area (Å²) in [6.45, 7) is 0. The van der Waals surface area contributed by atoms with Crippen LogP contribution in [0.5, 0.6) is 0 Å². The van der Waals surface area contributed by atoms with Gasteiger partial charge in [-0.05, 0) is 29.3 Å². The predicted molar refractivity (Wildman–Crippen MR) is 77.7 cm³/mol. The molecule has 0 spiro atoms.